The van der Waals surface area contributed by atoms with Crippen LogP contribution in [0.3, 0.4) is 0 Å². The lowest BCUT2D eigenvalue weighted by Crippen LogP contribution is -2.18. The van der Waals surface area contributed by atoms with Gasteiger partial charge in [0, 0.05) is 24.5 Å². The Morgan fingerprint density at radius 2 is 2.07 bits per heavy atom. The monoisotopic (exact) mass is 401 g/mol. The minimum absolute atomic E-state index is 0.0325. The number of hydrogen-bond donors (Lipinski definition) is 1. The first-order valence-electron chi connectivity index (χ1n) is 10.0. The van der Waals surface area contributed by atoms with Gasteiger partial charge in [-0.2, -0.15) is 10.2 Å². The van der Waals surface area contributed by atoms with Gasteiger partial charge in [-0.1, -0.05) is 6.07 Å². The normalized spacial score (nSPS) is 17.4. The molecule has 4 heterocycles. The molecule has 0 unspecified atom stereocenters. The summed E-state index contributed by atoms with van der Waals surface area (Å²) in [5.74, 6) is 1.50. The number of ether oxygens (including phenoxy) is 2. The molecule has 0 fully saturated rings. The number of aromatic nitrogens is 5. The Hall–Kier alpha value is -3.61. The van der Waals surface area contributed by atoms with Gasteiger partial charge >= 0.3 is 0 Å². The quantitative estimate of drug-likeness (QED) is 0.473. The van der Waals surface area contributed by atoms with E-state index in [4.69, 9.17) is 9.47 Å². The van der Waals surface area contributed by atoms with Gasteiger partial charge in [0.05, 0.1) is 29.6 Å². The second kappa shape index (κ2) is 7.33. The maximum Gasteiger partial charge on any atom is 0.219 e. The number of hydrogen-bond acceptors (Lipinski definition) is 5. The Morgan fingerprint density at radius 1 is 1.17 bits per heavy atom. The minimum atomic E-state index is -0.0325. The Bertz CT molecular complexity index is 1250. The van der Waals surface area contributed by atoms with E-state index >= 15 is 0 Å². The third-order valence-corrected chi connectivity index (χ3v) is 5.31. The highest BCUT2D eigenvalue weighted by atomic mass is 16.5. The summed E-state index contributed by atoms with van der Waals surface area (Å²) in [5.41, 5.74) is 5.54. The molecule has 4 aromatic rings. The number of fused-ring (bicyclic) bond motifs is 4. The molecule has 1 aliphatic rings. The SMILES string of the molecule is Cc1ccc2c(n1)/C=C/c1[nH]nc3ccc(cc13)-c1cnn(C)c1O[C@@H](C)CCO2. The van der Waals surface area contributed by atoms with Crippen molar-refractivity contribution in [3.8, 4) is 22.8 Å². The van der Waals surface area contributed by atoms with Crippen molar-refractivity contribution in [2.45, 2.75) is 26.4 Å². The highest BCUT2D eigenvalue weighted by Gasteiger charge is 2.17. The lowest BCUT2D eigenvalue weighted by Gasteiger charge is -2.17. The van der Waals surface area contributed by atoms with Crippen LogP contribution in [0.15, 0.2) is 36.5 Å². The molecule has 0 saturated heterocycles. The van der Waals surface area contributed by atoms with E-state index in [-0.39, 0.29) is 6.10 Å². The van der Waals surface area contributed by atoms with Gasteiger partial charge in [-0.3, -0.25) is 5.10 Å². The van der Waals surface area contributed by atoms with Crippen molar-refractivity contribution in [1.82, 2.24) is 25.0 Å². The number of pyridine rings is 1. The van der Waals surface area contributed by atoms with E-state index < -0.39 is 0 Å². The first kappa shape index (κ1) is 18.4. The van der Waals surface area contributed by atoms with E-state index in [1.165, 1.54) is 0 Å². The molecule has 1 aromatic carbocycles. The summed E-state index contributed by atoms with van der Waals surface area (Å²) >= 11 is 0. The molecule has 0 aliphatic carbocycles. The molecule has 3 aromatic heterocycles. The minimum Gasteiger partial charge on any atom is -0.491 e. The summed E-state index contributed by atoms with van der Waals surface area (Å²) < 4.78 is 14.1. The van der Waals surface area contributed by atoms with E-state index in [0.717, 1.165) is 57.2 Å². The molecule has 1 N–H and O–H groups in total. The summed E-state index contributed by atoms with van der Waals surface area (Å²) in [6, 6.07) is 10.1. The van der Waals surface area contributed by atoms with Crippen molar-refractivity contribution in [1.29, 1.82) is 0 Å². The van der Waals surface area contributed by atoms with Gasteiger partial charge in [0.15, 0.2) is 0 Å². The van der Waals surface area contributed by atoms with Crippen LogP contribution in [0.5, 0.6) is 11.6 Å². The van der Waals surface area contributed by atoms with Crippen LogP contribution >= 0.6 is 0 Å². The van der Waals surface area contributed by atoms with Gasteiger partial charge in [-0.15, -0.1) is 0 Å². The van der Waals surface area contributed by atoms with Gasteiger partial charge in [-0.05, 0) is 55.8 Å². The van der Waals surface area contributed by atoms with Crippen LogP contribution in [-0.4, -0.2) is 37.7 Å². The summed E-state index contributed by atoms with van der Waals surface area (Å²) in [6.45, 7) is 4.55. The summed E-state index contributed by atoms with van der Waals surface area (Å²) in [5, 5.41) is 13.0. The zero-order chi connectivity index (χ0) is 20.7. The van der Waals surface area contributed by atoms with Crippen LogP contribution in [0.4, 0.5) is 0 Å². The molecular weight excluding hydrogens is 378 g/mol. The predicted octanol–water partition coefficient (Wildman–Crippen LogP) is 4.39. The Kier molecular flexibility index (Phi) is 4.50. The highest BCUT2D eigenvalue weighted by molar-refractivity contribution is 5.93. The number of benzene rings is 1. The molecule has 2 bridgehead atoms. The Labute approximate surface area is 174 Å². The maximum atomic E-state index is 6.26. The van der Waals surface area contributed by atoms with Gasteiger partial charge in [0.2, 0.25) is 5.88 Å². The molecule has 7 nitrogen and oxygen atoms in total. The van der Waals surface area contributed by atoms with Crippen molar-refractivity contribution >= 4 is 23.1 Å². The topological polar surface area (TPSA) is 77.9 Å². The summed E-state index contributed by atoms with van der Waals surface area (Å²) in [4.78, 5) is 4.65. The van der Waals surface area contributed by atoms with Crippen LogP contribution in [-0.2, 0) is 7.05 Å². The van der Waals surface area contributed by atoms with Crippen LogP contribution < -0.4 is 9.47 Å². The molecular formula is C23H23N5O2. The van der Waals surface area contributed by atoms with Crippen LogP contribution in [0.25, 0.3) is 34.2 Å². The molecule has 152 valence electrons. The van der Waals surface area contributed by atoms with E-state index in [0.29, 0.717) is 6.61 Å². The van der Waals surface area contributed by atoms with Crippen LogP contribution in [0.1, 0.15) is 30.4 Å². The number of aromatic amines is 1. The zero-order valence-electron chi connectivity index (χ0n) is 17.2. The van der Waals surface area contributed by atoms with Crippen molar-refractivity contribution in [3.63, 3.8) is 0 Å². The number of nitrogens with zero attached hydrogens (tertiary/aromatic N) is 4. The average Bonchev–Trinajstić information content (AvgIpc) is 3.30. The molecule has 0 spiro atoms. The van der Waals surface area contributed by atoms with Crippen molar-refractivity contribution < 1.29 is 9.47 Å². The number of aryl methyl sites for hydroxylation is 2. The van der Waals surface area contributed by atoms with Gasteiger partial charge in [0.25, 0.3) is 0 Å². The van der Waals surface area contributed by atoms with E-state index in [9.17, 15) is 0 Å². The molecule has 5 rings (SSSR count). The predicted molar refractivity (Wildman–Crippen MR) is 116 cm³/mol. The van der Waals surface area contributed by atoms with E-state index in [1.807, 2.05) is 63.5 Å². The molecule has 1 atom stereocenters. The maximum absolute atomic E-state index is 6.26. The first-order chi connectivity index (χ1) is 14.6. The third-order valence-electron chi connectivity index (χ3n) is 5.31. The molecule has 0 saturated carbocycles. The molecule has 30 heavy (non-hydrogen) atoms. The number of H-pyrrole nitrogens is 1. The summed E-state index contributed by atoms with van der Waals surface area (Å²) in [7, 11) is 1.89. The van der Waals surface area contributed by atoms with Crippen molar-refractivity contribution in [3.05, 3.63) is 53.6 Å². The highest BCUT2D eigenvalue weighted by Crippen LogP contribution is 2.33. The standard InChI is InChI=1S/C23H23N5O2/c1-14-4-9-22-21(25-14)8-7-20-17-12-16(5-6-19(17)26-27-20)18-13-24-28(3)23(18)30-15(2)10-11-29-22/h4-9,12-13,15H,10-11H2,1-3H3,(H,26,27)/b8-7+/t15-/m0/s1. The van der Waals surface area contributed by atoms with E-state index in [2.05, 4.69) is 26.3 Å². The fourth-order valence-electron chi connectivity index (χ4n) is 3.64. The van der Waals surface area contributed by atoms with E-state index in [1.54, 1.807) is 4.68 Å². The Morgan fingerprint density at radius 3 is 2.97 bits per heavy atom. The van der Waals surface area contributed by atoms with Gasteiger partial charge in [-0.25, -0.2) is 9.67 Å². The number of nitrogens with one attached hydrogen (secondary N) is 1. The van der Waals surface area contributed by atoms with Crippen molar-refractivity contribution in [2.75, 3.05) is 6.61 Å². The summed E-state index contributed by atoms with van der Waals surface area (Å²) in [6.07, 6.45) is 6.52. The smallest absolute Gasteiger partial charge is 0.219 e. The molecule has 1 aliphatic heterocycles. The van der Waals surface area contributed by atoms with Gasteiger partial charge < -0.3 is 9.47 Å². The molecule has 0 radical (unpaired) electrons. The fraction of sp³-hybridized carbons (Fsp3) is 0.261. The lowest BCUT2D eigenvalue weighted by molar-refractivity contribution is 0.165. The first-order valence-corrected chi connectivity index (χ1v) is 10.0. The molecule has 0 amide bonds. The second-order valence-electron chi connectivity index (χ2n) is 7.59. The zero-order valence-corrected chi connectivity index (χ0v) is 17.2. The van der Waals surface area contributed by atoms with Crippen molar-refractivity contribution in [2.24, 2.45) is 7.05 Å². The Balaban J connectivity index is 1.67. The van der Waals surface area contributed by atoms with Crippen LogP contribution in [0.2, 0.25) is 0 Å². The number of rotatable bonds is 0. The fourth-order valence-corrected chi connectivity index (χ4v) is 3.64. The van der Waals surface area contributed by atoms with Crippen LogP contribution in [0, 0.1) is 6.92 Å². The second-order valence-corrected chi connectivity index (χ2v) is 7.59. The van der Waals surface area contributed by atoms with Gasteiger partial charge in [0.1, 0.15) is 17.5 Å². The lowest BCUT2D eigenvalue weighted by atomic mass is 10.1. The average molecular weight is 401 g/mol. The largest absolute Gasteiger partial charge is 0.491 e. The molecule has 7 heteroatoms. The third kappa shape index (κ3) is 3.32.